The largest absolute Gasteiger partial charge is 0.550 e. The minimum atomic E-state index is -0.907. The van der Waals surface area contributed by atoms with Crippen molar-refractivity contribution < 1.29 is 14.7 Å². The summed E-state index contributed by atoms with van der Waals surface area (Å²) in [6, 6.07) is 0. The maximum absolute atomic E-state index is 11.9. The molecule has 188 valence electrons. The Kier molecular flexibility index (Phi) is 13.5. The molecular formula is C28H52NO3-. The SMILES string of the molecule is CCCCCCCCCCCCCCCCC(C(=O)[O-])C1CC(C)(C)N(C=O)C(C)(C)C1. The number of likely N-dealkylation sites (tertiary alicyclic amines) is 1. The van der Waals surface area contributed by atoms with E-state index < -0.39 is 11.9 Å². The van der Waals surface area contributed by atoms with Crippen molar-refractivity contribution in [3.8, 4) is 0 Å². The molecule has 0 aromatic heterocycles. The summed E-state index contributed by atoms with van der Waals surface area (Å²) < 4.78 is 0. The Morgan fingerprint density at radius 3 is 1.53 bits per heavy atom. The third-order valence-electron chi connectivity index (χ3n) is 7.67. The molecule has 0 aromatic rings. The third-order valence-corrected chi connectivity index (χ3v) is 7.67. The quantitative estimate of drug-likeness (QED) is 0.173. The molecule has 0 aromatic carbocycles. The number of carboxylic acid groups (broad SMARTS) is 1. The Balaban J connectivity index is 2.21. The number of carboxylic acids is 1. The minimum Gasteiger partial charge on any atom is -0.550 e. The van der Waals surface area contributed by atoms with Crippen molar-refractivity contribution in [1.82, 2.24) is 4.90 Å². The van der Waals surface area contributed by atoms with E-state index in [0.717, 1.165) is 32.1 Å². The van der Waals surface area contributed by atoms with Crippen molar-refractivity contribution in [1.29, 1.82) is 0 Å². The lowest BCUT2D eigenvalue weighted by molar-refractivity contribution is -0.314. The third kappa shape index (κ3) is 10.3. The molecule has 1 rings (SSSR count). The normalized spacial score (nSPS) is 19.1. The van der Waals surface area contributed by atoms with E-state index in [1.54, 1.807) is 0 Å². The first kappa shape index (κ1) is 29.0. The molecule has 1 amide bonds. The van der Waals surface area contributed by atoms with Gasteiger partial charge in [-0.3, -0.25) is 4.79 Å². The molecule has 1 atom stereocenters. The van der Waals surface area contributed by atoms with Crippen molar-refractivity contribution in [2.75, 3.05) is 0 Å². The van der Waals surface area contributed by atoms with Crippen LogP contribution in [0.5, 0.6) is 0 Å². The zero-order valence-electron chi connectivity index (χ0n) is 21.9. The summed E-state index contributed by atoms with van der Waals surface area (Å²) in [5.74, 6) is -1.24. The van der Waals surface area contributed by atoms with E-state index >= 15 is 0 Å². The topological polar surface area (TPSA) is 60.4 Å². The summed E-state index contributed by atoms with van der Waals surface area (Å²) in [6.45, 7) is 10.5. The highest BCUT2D eigenvalue weighted by Crippen LogP contribution is 2.44. The lowest BCUT2D eigenvalue weighted by Crippen LogP contribution is -2.61. The molecular weight excluding hydrogens is 398 g/mol. The second kappa shape index (κ2) is 15.0. The molecule has 0 radical (unpaired) electrons. The van der Waals surface area contributed by atoms with E-state index in [4.69, 9.17) is 0 Å². The molecule has 0 saturated carbocycles. The number of rotatable bonds is 18. The first-order chi connectivity index (χ1) is 15.2. The van der Waals surface area contributed by atoms with Gasteiger partial charge in [-0.25, -0.2) is 0 Å². The van der Waals surface area contributed by atoms with E-state index in [1.165, 1.54) is 77.0 Å². The Morgan fingerprint density at radius 1 is 0.812 bits per heavy atom. The highest BCUT2D eigenvalue weighted by molar-refractivity contribution is 5.68. The van der Waals surface area contributed by atoms with Crippen molar-refractivity contribution in [3.05, 3.63) is 0 Å². The van der Waals surface area contributed by atoms with Crippen LogP contribution in [0.1, 0.15) is 144 Å². The maximum atomic E-state index is 11.9. The van der Waals surface area contributed by atoms with Crippen LogP contribution in [0.3, 0.4) is 0 Å². The van der Waals surface area contributed by atoms with Gasteiger partial charge in [-0.2, -0.15) is 0 Å². The van der Waals surface area contributed by atoms with Crippen LogP contribution in [-0.2, 0) is 9.59 Å². The summed E-state index contributed by atoms with van der Waals surface area (Å²) in [5, 5.41) is 11.9. The van der Waals surface area contributed by atoms with Crippen LogP contribution in [-0.4, -0.2) is 28.4 Å². The zero-order valence-corrected chi connectivity index (χ0v) is 21.9. The van der Waals surface area contributed by atoms with Gasteiger partial charge < -0.3 is 14.8 Å². The van der Waals surface area contributed by atoms with Gasteiger partial charge in [-0.15, -0.1) is 0 Å². The van der Waals surface area contributed by atoms with E-state index in [-0.39, 0.29) is 17.0 Å². The van der Waals surface area contributed by atoms with Crippen molar-refractivity contribution in [2.24, 2.45) is 11.8 Å². The lowest BCUT2D eigenvalue weighted by Gasteiger charge is -2.55. The van der Waals surface area contributed by atoms with Crippen LogP contribution in [0.2, 0.25) is 0 Å². The average molecular weight is 451 g/mol. The highest BCUT2D eigenvalue weighted by atomic mass is 16.4. The molecule has 1 aliphatic rings. The number of carbonyl (C=O) groups is 2. The molecule has 0 aliphatic carbocycles. The van der Waals surface area contributed by atoms with Gasteiger partial charge in [0.15, 0.2) is 0 Å². The molecule has 1 unspecified atom stereocenters. The molecule has 0 spiro atoms. The average Bonchev–Trinajstić information content (AvgIpc) is 2.69. The number of piperidine rings is 1. The number of nitrogens with zero attached hydrogens (tertiary/aromatic N) is 1. The fraction of sp³-hybridized carbons (Fsp3) is 0.929. The van der Waals surface area contributed by atoms with Gasteiger partial charge in [-0.1, -0.05) is 96.8 Å². The Hall–Kier alpha value is -1.06. The smallest absolute Gasteiger partial charge is 0.210 e. The van der Waals surface area contributed by atoms with Crippen LogP contribution < -0.4 is 5.11 Å². The number of aliphatic carboxylic acids is 1. The summed E-state index contributed by atoms with van der Waals surface area (Å²) in [5.41, 5.74) is -0.644. The predicted octanol–water partition coefficient (Wildman–Crippen LogP) is 6.65. The molecule has 1 heterocycles. The zero-order chi connectivity index (χ0) is 24.0. The van der Waals surface area contributed by atoms with E-state index in [2.05, 4.69) is 6.92 Å². The molecule has 1 saturated heterocycles. The molecule has 32 heavy (non-hydrogen) atoms. The molecule has 4 heteroatoms. The van der Waals surface area contributed by atoms with Crippen molar-refractivity contribution >= 4 is 12.4 Å². The Bertz CT molecular complexity index is 511. The number of amides is 1. The van der Waals surface area contributed by atoms with Crippen LogP contribution in [0.4, 0.5) is 0 Å². The van der Waals surface area contributed by atoms with Gasteiger partial charge in [0.05, 0.1) is 0 Å². The number of hydrogen-bond donors (Lipinski definition) is 0. The number of carbonyl (C=O) groups excluding carboxylic acids is 2. The van der Waals surface area contributed by atoms with Gasteiger partial charge in [0.25, 0.3) is 0 Å². The molecule has 1 fully saturated rings. The van der Waals surface area contributed by atoms with Crippen molar-refractivity contribution in [2.45, 2.75) is 155 Å². The van der Waals surface area contributed by atoms with Crippen LogP contribution in [0, 0.1) is 11.8 Å². The minimum absolute atomic E-state index is 0.0724. The fourth-order valence-corrected chi connectivity index (χ4v) is 6.05. The fourth-order valence-electron chi connectivity index (χ4n) is 6.05. The second-order valence-corrected chi connectivity index (χ2v) is 11.6. The predicted molar refractivity (Wildman–Crippen MR) is 132 cm³/mol. The van der Waals surface area contributed by atoms with Gasteiger partial charge in [0.1, 0.15) is 0 Å². The number of hydrogen-bond acceptors (Lipinski definition) is 3. The van der Waals surface area contributed by atoms with Crippen LogP contribution in [0.15, 0.2) is 0 Å². The summed E-state index contributed by atoms with van der Waals surface area (Å²) in [6.07, 6.45) is 21.4. The molecule has 0 bridgehead atoms. The van der Waals surface area contributed by atoms with Gasteiger partial charge in [-0.05, 0) is 52.9 Å². The van der Waals surface area contributed by atoms with Gasteiger partial charge in [0.2, 0.25) is 6.41 Å². The monoisotopic (exact) mass is 450 g/mol. The maximum Gasteiger partial charge on any atom is 0.210 e. The first-order valence-corrected chi connectivity index (χ1v) is 13.6. The second-order valence-electron chi connectivity index (χ2n) is 11.6. The summed E-state index contributed by atoms with van der Waals surface area (Å²) >= 11 is 0. The molecule has 1 aliphatic heterocycles. The van der Waals surface area contributed by atoms with Crippen LogP contribution in [0.25, 0.3) is 0 Å². The highest BCUT2D eigenvalue weighted by Gasteiger charge is 2.46. The summed E-state index contributed by atoms with van der Waals surface area (Å²) in [7, 11) is 0. The van der Waals surface area contributed by atoms with Gasteiger partial charge >= 0.3 is 0 Å². The standard InChI is InChI=1S/C28H53NO3/c1-6-7-8-9-10-11-12-13-14-15-16-17-18-19-20-25(26(31)32)24-21-27(2,3)29(23-30)28(4,5)22-24/h23-25H,6-22H2,1-5H3,(H,31,32)/p-1. The summed E-state index contributed by atoms with van der Waals surface area (Å²) in [4.78, 5) is 25.4. The lowest BCUT2D eigenvalue weighted by atomic mass is 9.68. The molecule has 0 N–H and O–H groups in total. The Labute approximate surface area is 198 Å². The van der Waals surface area contributed by atoms with Crippen molar-refractivity contribution in [3.63, 3.8) is 0 Å². The molecule has 4 nitrogen and oxygen atoms in total. The van der Waals surface area contributed by atoms with E-state index in [9.17, 15) is 14.7 Å². The number of unbranched alkanes of at least 4 members (excludes halogenated alkanes) is 13. The van der Waals surface area contributed by atoms with Crippen LogP contribution >= 0.6 is 0 Å². The van der Waals surface area contributed by atoms with E-state index in [1.807, 2.05) is 32.6 Å². The first-order valence-electron chi connectivity index (χ1n) is 13.6. The Morgan fingerprint density at radius 2 is 1.19 bits per heavy atom. The van der Waals surface area contributed by atoms with E-state index in [0.29, 0.717) is 6.42 Å². The van der Waals surface area contributed by atoms with Gasteiger partial charge in [0, 0.05) is 23.0 Å².